The molecule has 0 saturated carbocycles. The van der Waals surface area contributed by atoms with E-state index in [2.05, 4.69) is 11.8 Å². The zero-order valence-corrected chi connectivity index (χ0v) is 9.32. The van der Waals surface area contributed by atoms with E-state index >= 15 is 0 Å². The first kappa shape index (κ1) is 11.2. The SMILES string of the molecule is CCOc1c(C#Cc2ccccc2)c(=O)c1=O. The molecule has 0 fully saturated rings. The van der Waals surface area contributed by atoms with Gasteiger partial charge in [-0.05, 0) is 19.1 Å². The first-order chi connectivity index (χ1) is 8.24. The summed E-state index contributed by atoms with van der Waals surface area (Å²) in [6.07, 6.45) is 0. The van der Waals surface area contributed by atoms with Crippen molar-refractivity contribution < 1.29 is 4.74 Å². The molecular formula is C14H10O3. The van der Waals surface area contributed by atoms with Crippen molar-refractivity contribution in [2.45, 2.75) is 6.92 Å². The summed E-state index contributed by atoms with van der Waals surface area (Å²) in [7, 11) is 0. The Balaban J connectivity index is 2.32. The number of benzene rings is 1. The number of hydrogen-bond acceptors (Lipinski definition) is 3. The molecule has 3 nitrogen and oxygen atoms in total. The van der Waals surface area contributed by atoms with Crippen molar-refractivity contribution >= 4 is 0 Å². The molecule has 3 heteroatoms. The predicted octanol–water partition coefficient (Wildman–Crippen LogP) is 1.08. The van der Waals surface area contributed by atoms with E-state index < -0.39 is 10.9 Å². The third-order valence-corrected chi connectivity index (χ3v) is 2.26. The van der Waals surface area contributed by atoms with E-state index in [9.17, 15) is 9.59 Å². The molecule has 0 heterocycles. The summed E-state index contributed by atoms with van der Waals surface area (Å²) < 4.78 is 5.07. The highest BCUT2D eigenvalue weighted by atomic mass is 16.5. The highest BCUT2D eigenvalue weighted by molar-refractivity contribution is 5.53. The second-order valence-corrected chi connectivity index (χ2v) is 3.41. The van der Waals surface area contributed by atoms with Gasteiger partial charge in [0.05, 0.1) is 6.61 Å². The molecule has 17 heavy (non-hydrogen) atoms. The maximum absolute atomic E-state index is 11.3. The van der Waals surface area contributed by atoms with Gasteiger partial charge in [0.25, 0.3) is 5.43 Å². The molecule has 0 bridgehead atoms. The molecule has 0 N–H and O–H groups in total. The van der Waals surface area contributed by atoms with Crippen molar-refractivity contribution in [3.05, 3.63) is 61.9 Å². The van der Waals surface area contributed by atoms with Gasteiger partial charge in [0, 0.05) is 5.56 Å². The molecule has 0 spiro atoms. The molecule has 0 radical (unpaired) electrons. The summed E-state index contributed by atoms with van der Waals surface area (Å²) in [5, 5.41) is 0. The van der Waals surface area contributed by atoms with Gasteiger partial charge in [0.15, 0.2) is 5.75 Å². The third-order valence-electron chi connectivity index (χ3n) is 2.26. The Bertz CT molecular complexity index is 650. The Morgan fingerprint density at radius 1 is 1.06 bits per heavy atom. The molecule has 0 aliphatic heterocycles. The zero-order chi connectivity index (χ0) is 12.3. The van der Waals surface area contributed by atoms with Crippen molar-refractivity contribution in [3.8, 4) is 17.6 Å². The smallest absolute Gasteiger partial charge is 0.270 e. The average Bonchev–Trinajstić information content (AvgIpc) is 2.38. The lowest BCUT2D eigenvalue weighted by atomic mass is 10.1. The fourth-order valence-corrected chi connectivity index (χ4v) is 1.42. The zero-order valence-electron chi connectivity index (χ0n) is 9.32. The van der Waals surface area contributed by atoms with Crippen LogP contribution in [0.1, 0.15) is 18.1 Å². The Kier molecular flexibility index (Phi) is 3.06. The van der Waals surface area contributed by atoms with Gasteiger partial charge in [0.1, 0.15) is 5.56 Å². The third kappa shape index (κ3) is 2.11. The van der Waals surface area contributed by atoms with Crippen LogP contribution in [0.2, 0.25) is 0 Å². The molecule has 0 aliphatic rings. The molecule has 0 aliphatic carbocycles. The van der Waals surface area contributed by atoms with Crippen LogP contribution >= 0.6 is 0 Å². The van der Waals surface area contributed by atoms with Crippen LogP contribution in [-0.4, -0.2) is 6.61 Å². The number of hydrogen-bond donors (Lipinski definition) is 0. The van der Waals surface area contributed by atoms with Crippen LogP contribution in [0.15, 0.2) is 39.9 Å². The highest BCUT2D eigenvalue weighted by Gasteiger charge is 2.20. The minimum Gasteiger partial charge on any atom is -0.488 e. The van der Waals surface area contributed by atoms with Crippen LogP contribution in [0.5, 0.6) is 5.75 Å². The van der Waals surface area contributed by atoms with E-state index in [1.807, 2.05) is 30.3 Å². The summed E-state index contributed by atoms with van der Waals surface area (Å²) in [5.74, 6) is 5.61. The summed E-state index contributed by atoms with van der Waals surface area (Å²) in [6.45, 7) is 2.11. The van der Waals surface area contributed by atoms with E-state index in [-0.39, 0.29) is 11.3 Å². The van der Waals surface area contributed by atoms with Crippen molar-refractivity contribution in [1.29, 1.82) is 0 Å². The van der Waals surface area contributed by atoms with Crippen LogP contribution in [-0.2, 0) is 0 Å². The van der Waals surface area contributed by atoms with E-state index in [4.69, 9.17) is 4.74 Å². The molecular weight excluding hydrogens is 216 g/mol. The minimum absolute atomic E-state index is 0.0981. The average molecular weight is 226 g/mol. The molecule has 84 valence electrons. The molecule has 0 atom stereocenters. The molecule has 2 aromatic carbocycles. The maximum Gasteiger partial charge on any atom is 0.270 e. The van der Waals surface area contributed by atoms with Gasteiger partial charge in [-0.2, -0.15) is 0 Å². The summed E-state index contributed by atoms with van der Waals surface area (Å²) in [6, 6.07) is 9.26. The van der Waals surface area contributed by atoms with Gasteiger partial charge in [-0.1, -0.05) is 30.0 Å². The fourth-order valence-electron chi connectivity index (χ4n) is 1.42. The highest BCUT2D eigenvalue weighted by Crippen LogP contribution is 2.09. The lowest BCUT2D eigenvalue weighted by Gasteiger charge is -2.05. The molecule has 0 aromatic heterocycles. The van der Waals surface area contributed by atoms with Gasteiger partial charge >= 0.3 is 0 Å². The van der Waals surface area contributed by atoms with Crippen LogP contribution in [0, 0.1) is 11.8 Å². The molecule has 0 unspecified atom stereocenters. The van der Waals surface area contributed by atoms with Crippen LogP contribution in [0.3, 0.4) is 0 Å². The topological polar surface area (TPSA) is 43.4 Å². The quantitative estimate of drug-likeness (QED) is 0.568. The molecule has 2 aromatic rings. The fraction of sp³-hybridized carbons (Fsp3) is 0.143. The van der Waals surface area contributed by atoms with Crippen molar-refractivity contribution in [3.63, 3.8) is 0 Å². The van der Waals surface area contributed by atoms with Crippen LogP contribution < -0.4 is 15.6 Å². The van der Waals surface area contributed by atoms with Gasteiger partial charge in [-0.25, -0.2) is 0 Å². The predicted molar refractivity (Wildman–Crippen MR) is 64.9 cm³/mol. The van der Waals surface area contributed by atoms with Crippen molar-refractivity contribution in [2.75, 3.05) is 6.61 Å². The summed E-state index contributed by atoms with van der Waals surface area (Å²) >= 11 is 0. The lowest BCUT2D eigenvalue weighted by Crippen LogP contribution is -2.35. The van der Waals surface area contributed by atoms with Gasteiger partial charge < -0.3 is 4.74 Å². The summed E-state index contributed by atoms with van der Waals surface area (Å²) in [4.78, 5) is 22.5. The van der Waals surface area contributed by atoms with Gasteiger partial charge in [0.2, 0.25) is 5.43 Å². The molecule has 0 amide bonds. The standard InChI is InChI=1S/C14H10O3/c1-2-17-14-11(12(15)13(14)16)9-8-10-6-4-3-5-7-10/h3-7H,2H2,1H3. The van der Waals surface area contributed by atoms with E-state index in [1.165, 1.54) is 0 Å². The Labute approximate surface area is 98.4 Å². The number of ether oxygens (including phenoxy) is 1. The second-order valence-electron chi connectivity index (χ2n) is 3.41. The van der Waals surface area contributed by atoms with Gasteiger partial charge in [-0.15, -0.1) is 0 Å². The second kappa shape index (κ2) is 4.67. The molecule has 2 rings (SSSR count). The van der Waals surface area contributed by atoms with Crippen LogP contribution in [0.4, 0.5) is 0 Å². The van der Waals surface area contributed by atoms with E-state index in [0.29, 0.717) is 6.61 Å². The Hall–Kier alpha value is -2.34. The first-order valence-corrected chi connectivity index (χ1v) is 5.27. The molecule has 0 saturated heterocycles. The largest absolute Gasteiger partial charge is 0.488 e. The minimum atomic E-state index is -0.579. The number of rotatable bonds is 2. The van der Waals surface area contributed by atoms with Gasteiger partial charge in [-0.3, -0.25) is 9.59 Å². The van der Waals surface area contributed by atoms with E-state index in [0.717, 1.165) is 5.56 Å². The summed E-state index contributed by atoms with van der Waals surface area (Å²) in [5.41, 5.74) is -0.162. The first-order valence-electron chi connectivity index (χ1n) is 5.27. The normalized spacial score (nSPS) is 9.71. The monoisotopic (exact) mass is 226 g/mol. The Morgan fingerprint density at radius 2 is 1.76 bits per heavy atom. The lowest BCUT2D eigenvalue weighted by molar-refractivity contribution is 0.331. The van der Waals surface area contributed by atoms with E-state index in [1.54, 1.807) is 6.92 Å². The maximum atomic E-state index is 11.3. The van der Waals surface area contributed by atoms with Crippen molar-refractivity contribution in [2.24, 2.45) is 0 Å². The van der Waals surface area contributed by atoms with Crippen molar-refractivity contribution in [1.82, 2.24) is 0 Å². The van der Waals surface area contributed by atoms with Crippen LogP contribution in [0.25, 0.3) is 0 Å². The Morgan fingerprint density at radius 3 is 2.41 bits per heavy atom.